The van der Waals surface area contributed by atoms with Crippen molar-refractivity contribution in [2.24, 2.45) is 0 Å². The Morgan fingerprint density at radius 1 is 1.08 bits per heavy atom. The summed E-state index contributed by atoms with van der Waals surface area (Å²) in [7, 11) is 0. The van der Waals surface area contributed by atoms with Crippen LogP contribution in [0.2, 0.25) is 0 Å². The van der Waals surface area contributed by atoms with Crippen LogP contribution in [0, 0.1) is 11.6 Å². The first kappa shape index (κ1) is 15.5. The maximum absolute atomic E-state index is 13.7. The zero-order valence-electron chi connectivity index (χ0n) is 12.1. The topological polar surface area (TPSA) is 72.3 Å². The average Bonchev–Trinajstić information content (AvgIpc) is 2.58. The molecule has 0 unspecified atom stereocenters. The van der Waals surface area contributed by atoms with E-state index in [1.165, 1.54) is 0 Å². The predicted octanol–water partition coefficient (Wildman–Crippen LogP) is 3.91. The molecule has 1 N–H and O–H groups in total. The normalized spacial score (nSPS) is 10.4. The fourth-order valence-corrected chi connectivity index (χ4v) is 1.98. The molecule has 0 radical (unpaired) electrons. The number of carboxylic acids is 1. The number of carbonyl (C=O) groups is 1. The Labute approximate surface area is 135 Å². The van der Waals surface area contributed by atoms with Gasteiger partial charge in [0.2, 0.25) is 5.88 Å². The first-order valence-electron chi connectivity index (χ1n) is 6.83. The van der Waals surface area contributed by atoms with Gasteiger partial charge in [-0.25, -0.2) is 18.6 Å². The van der Waals surface area contributed by atoms with Crippen molar-refractivity contribution in [3.05, 3.63) is 71.9 Å². The van der Waals surface area contributed by atoms with Crippen molar-refractivity contribution >= 4 is 5.97 Å². The van der Waals surface area contributed by atoms with Gasteiger partial charge in [-0.05, 0) is 12.1 Å². The van der Waals surface area contributed by atoms with Crippen LogP contribution in [0.5, 0.6) is 11.6 Å². The number of aromatic nitrogens is 2. The molecule has 0 atom stereocenters. The number of carboxylic acid groups (broad SMARTS) is 1. The van der Waals surface area contributed by atoms with Gasteiger partial charge in [0.1, 0.15) is 11.4 Å². The first-order valence-corrected chi connectivity index (χ1v) is 6.83. The van der Waals surface area contributed by atoms with E-state index in [1.54, 1.807) is 30.3 Å². The van der Waals surface area contributed by atoms with E-state index in [9.17, 15) is 18.7 Å². The molecule has 0 fully saturated rings. The highest BCUT2D eigenvalue weighted by molar-refractivity contribution is 5.90. The van der Waals surface area contributed by atoms with Gasteiger partial charge in [-0.15, -0.1) is 0 Å². The SMILES string of the molecule is O=C(O)c1cnc(-c2ccccc2)nc1Oc1cc(F)ccc1F. The summed E-state index contributed by atoms with van der Waals surface area (Å²) in [5.74, 6) is -3.54. The molecule has 7 heteroatoms. The Balaban J connectivity index is 2.07. The number of hydrogen-bond donors (Lipinski definition) is 1. The van der Waals surface area contributed by atoms with E-state index in [-0.39, 0.29) is 17.3 Å². The molecule has 0 aliphatic rings. The number of rotatable bonds is 4. The third-order valence-corrected chi connectivity index (χ3v) is 3.12. The molecule has 3 rings (SSSR count). The van der Waals surface area contributed by atoms with E-state index in [0.29, 0.717) is 5.56 Å². The van der Waals surface area contributed by atoms with Crippen LogP contribution in [0.1, 0.15) is 10.4 Å². The Morgan fingerprint density at radius 3 is 2.54 bits per heavy atom. The van der Waals surface area contributed by atoms with Gasteiger partial charge in [-0.1, -0.05) is 30.3 Å². The minimum atomic E-state index is -1.35. The summed E-state index contributed by atoms with van der Waals surface area (Å²) in [6, 6.07) is 11.4. The highest BCUT2D eigenvalue weighted by atomic mass is 19.1. The molecular formula is C17H10F2N2O3. The number of hydrogen-bond acceptors (Lipinski definition) is 4. The van der Waals surface area contributed by atoms with Gasteiger partial charge in [0.15, 0.2) is 17.4 Å². The summed E-state index contributed by atoms with van der Waals surface area (Å²) >= 11 is 0. The molecule has 0 aliphatic carbocycles. The van der Waals surface area contributed by atoms with Crippen molar-refractivity contribution in [3.63, 3.8) is 0 Å². The summed E-state index contributed by atoms with van der Waals surface area (Å²) in [6.45, 7) is 0. The van der Waals surface area contributed by atoms with E-state index in [1.807, 2.05) is 0 Å². The maximum Gasteiger partial charge on any atom is 0.342 e. The maximum atomic E-state index is 13.7. The fraction of sp³-hybridized carbons (Fsp3) is 0. The van der Waals surface area contributed by atoms with Gasteiger partial charge in [-0.3, -0.25) is 0 Å². The predicted molar refractivity (Wildman–Crippen MR) is 80.9 cm³/mol. The van der Waals surface area contributed by atoms with Crippen LogP contribution in [-0.4, -0.2) is 21.0 Å². The number of nitrogens with zero attached hydrogens (tertiary/aromatic N) is 2. The first-order chi connectivity index (χ1) is 11.5. The van der Waals surface area contributed by atoms with E-state index in [0.717, 1.165) is 24.4 Å². The minimum absolute atomic E-state index is 0.201. The van der Waals surface area contributed by atoms with Crippen LogP contribution in [0.25, 0.3) is 11.4 Å². The molecule has 1 aromatic heterocycles. The quantitative estimate of drug-likeness (QED) is 0.786. The number of halogens is 2. The molecule has 0 amide bonds. The molecule has 24 heavy (non-hydrogen) atoms. The molecule has 0 bridgehead atoms. The molecule has 1 heterocycles. The minimum Gasteiger partial charge on any atom is -0.477 e. The Hall–Kier alpha value is -3.35. The van der Waals surface area contributed by atoms with E-state index in [2.05, 4.69) is 9.97 Å². The molecule has 0 saturated heterocycles. The zero-order valence-corrected chi connectivity index (χ0v) is 12.1. The van der Waals surface area contributed by atoms with E-state index in [4.69, 9.17) is 4.74 Å². The lowest BCUT2D eigenvalue weighted by atomic mass is 10.2. The second-order valence-electron chi connectivity index (χ2n) is 4.76. The summed E-state index contributed by atoms with van der Waals surface area (Å²) in [5.41, 5.74) is 0.261. The summed E-state index contributed by atoms with van der Waals surface area (Å²) in [4.78, 5) is 19.3. The zero-order chi connectivity index (χ0) is 17.1. The summed E-state index contributed by atoms with van der Waals surface area (Å²) in [6.07, 6.45) is 1.06. The molecular weight excluding hydrogens is 318 g/mol. The van der Waals surface area contributed by atoms with Crippen molar-refractivity contribution in [2.75, 3.05) is 0 Å². The lowest BCUT2D eigenvalue weighted by Gasteiger charge is -2.10. The van der Waals surface area contributed by atoms with E-state index >= 15 is 0 Å². The highest BCUT2D eigenvalue weighted by Crippen LogP contribution is 2.28. The number of aromatic carboxylic acids is 1. The smallest absolute Gasteiger partial charge is 0.342 e. The average molecular weight is 328 g/mol. The Kier molecular flexibility index (Phi) is 4.15. The Morgan fingerprint density at radius 2 is 1.83 bits per heavy atom. The standard InChI is InChI=1S/C17H10F2N2O3/c18-11-6-7-13(19)14(8-11)24-16-12(17(22)23)9-20-15(21-16)10-4-2-1-3-5-10/h1-9H,(H,22,23). The largest absolute Gasteiger partial charge is 0.477 e. The third-order valence-electron chi connectivity index (χ3n) is 3.12. The van der Waals surface area contributed by atoms with Gasteiger partial charge < -0.3 is 9.84 Å². The summed E-state index contributed by atoms with van der Waals surface area (Å²) in [5, 5.41) is 9.20. The van der Waals surface area contributed by atoms with Crippen LogP contribution in [-0.2, 0) is 0 Å². The van der Waals surface area contributed by atoms with Gasteiger partial charge in [0.05, 0.1) is 0 Å². The van der Waals surface area contributed by atoms with E-state index < -0.39 is 23.4 Å². The summed E-state index contributed by atoms with van der Waals surface area (Å²) < 4.78 is 32.2. The van der Waals surface area contributed by atoms with Gasteiger partial charge in [0, 0.05) is 17.8 Å². The van der Waals surface area contributed by atoms with Crippen molar-refractivity contribution in [2.45, 2.75) is 0 Å². The molecule has 2 aromatic carbocycles. The second kappa shape index (κ2) is 6.41. The monoisotopic (exact) mass is 328 g/mol. The van der Waals surface area contributed by atoms with Crippen LogP contribution in [0.15, 0.2) is 54.7 Å². The Bertz CT molecular complexity index is 902. The molecule has 0 aliphatic heterocycles. The van der Waals surface area contributed by atoms with Gasteiger partial charge in [0.25, 0.3) is 0 Å². The van der Waals surface area contributed by atoms with Crippen LogP contribution >= 0.6 is 0 Å². The van der Waals surface area contributed by atoms with Gasteiger partial charge in [-0.2, -0.15) is 4.98 Å². The van der Waals surface area contributed by atoms with Crippen LogP contribution < -0.4 is 4.74 Å². The second-order valence-corrected chi connectivity index (χ2v) is 4.76. The molecule has 3 aromatic rings. The van der Waals surface area contributed by atoms with Crippen molar-refractivity contribution in [3.8, 4) is 23.0 Å². The van der Waals surface area contributed by atoms with Crippen molar-refractivity contribution in [1.82, 2.24) is 9.97 Å². The van der Waals surface area contributed by atoms with Gasteiger partial charge >= 0.3 is 5.97 Å². The van der Waals surface area contributed by atoms with Crippen LogP contribution in [0.4, 0.5) is 8.78 Å². The number of benzene rings is 2. The van der Waals surface area contributed by atoms with Crippen LogP contribution in [0.3, 0.4) is 0 Å². The fourth-order valence-electron chi connectivity index (χ4n) is 1.98. The molecule has 0 spiro atoms. The lowest BCUT2D eigenvalue weighted by molar-refractivity contribution is 0.0692. The molecule has 0 saturated carbocycles. The third kappa shape index (κ3) is 3.19. The number of ether oxygens (including phenoxy) is 1. The lowest BCUT2D eigenvalue weighted by Crippen LogP contribution is -2.05. The molecule has 120 valence electrons. The molecule has 5 nitrogen and oxygen atoms in total. The van der Waals surface area contributed by atoms with Crippen molar-refractivity contribution < 1.29 is 23.4 Å². The van der Waals surface area contributed by atoms with Crippen molar-refractivity contribution in [1.29, 1.82) is 0 Å². The highest BCUT2D eigenvalue weighted by Gasteiger charge is 2.18.